The number of carbonyl (C=O) groups excluding carboxylic acids is 1. The van der Waals surface area contributed by atoms with E-state index >= 15 is 0 Å². The van der Waals surface area contributed by atoms with Crippen LogP contribution in [0.2, 0.25) is 0 Å². The second-order valence-electron chi connectivity index (χ2n) is 5.40. The molecule has 6 heteroatoms. The third kappa shape index (κ3) is 3.00. The molecular weight excluding hydrogens is 286 g/mol. The van der Waals surface area contributed by atoms with Crippen LogP contribution >= 0.6 is 11.8 Å². The van der Waals surface area contributed by atoms with Gasteiger partial charge in [0.15, 0.2) is 17.3 Å². The summed E-state index contributed by atoms with van der Waals surface area (Å²) in [5.41, 5.74) is 2.51. The quantitative estimate of drug-likeness (QED) is 0.637. The molecule has 0 fully saturated rings. The second kappa shape index (κ2) is 5.97. The average Bonchev–Trinajstić information content (AvgIpc) is 2.94. The molecule has 1 aliphatic rings. The molecule has 2 heterocycles. The van der Waals surface area contributed by atoms with Crippen LogP contribution in [-0.2, 0) is 12.2 Å². The first kappa shape index (κ1) is 14.3. The van der Waals surface area contributed by atoms with Crippen molar-refractivity contribution in [1.29, 1.82) is 0 Å². The van der Waals surface area contributed by atoms with Crippen LogP contribution in [0.15, 0.2) is 22.2 Å². The average molecular weight is 303 g/mol. The normalized spacial score (nSPS) is 14.5. The molecule has 0 radical (unpaired) electrons. The van der Waals surface area contributed by atoms with E-state index < -0.39 is 0 Å². The Labute approximate surface area is 127 Å². The first-order valence-corrected chi connectivity index (χ1v) is 8.08. The van der Waals surface area contributed by atoms with Crippen LogP contribution in [0.1, 0.15) is 60.1 Å². The Morgan fingerprint density at radius 1 is 1.33 bits per heavy atom. The fourth-order valence-corrected chi connectivity index (χ4v) is 3.22. The van der Waals surface area contributed by atoms with Gasteiger partial charge in [-0.25, -0.2) is 15.0 Å². The zero-order valence-corrected chi connectivity index (χ0v) is 12.9. The van der Waals surface area contributed by atoms with Gasteiger partial charge in [0, 0.05) is 24.3 Å². The molecular formula is C15H17N3O2S. The largest absolute Gasteiger partial charge is 0.448 e. The first-order chi connectivity index (χ1) is 10.1. The summed E-state index contributed by atoms with van der Waals surface area (Å²) in [6.45, 7) is 4.16. The van der Waals surface area contributed by atoms with Crippen molar-refractivity contribution in [2.45, 2.75) is 49.9 Å². The monoisotopic (exact) mass is 303 g/mol. The molecule has 0 atom stereocenters. The van der Waals surface area contributed by atoms with Crippen molar-refractivity contribution in [3.63, 3.8) is 0 Å². The van der Waals surface area contributed by atoms with Crippen molar-refractivity contribution >= 4 is 17.5 Å². The number of aryl methyl sites for hydroxylation is 1. The molecule has 3 rings (SSSR count). The van der Waals surface area contributed by atoms with Crippen LogP contribution in [0.3, 0.4) is 0 Å². The highest BCUT2D eigenvalue weighted by Crippen LogP contribution is 2.26. The van der Waals surface area contributed by atoms with Crippen molar-refractivity contribution in [3.8, 4) is 0 Å². The second-order valence-corrected chi connectivity index (χ2v) is 6.34. The number of oxazole rings is 1. The molecule has 0 unspecified atom stereocenters. The van der Waals surface area contributed by atoms with E-state index in [0.29, 0.717) is 28.8 Å². The minimum Gasteiger partial charge on any atom is -0.448 e. The van der Waals surface area contributed by atoms with Crippen molar-refractivity contribution < 1.29 is 9.21 Å². The number of fused-ring (bicyclic) bond motifs is 1. The van der Waals surface area contributed by atoms with E-state index in [1.54, 1.807) is 6.20 Å². The lowest BCUT2D eigenvalue weighted by molar-refractivity contribution is 0.0970. The topological polar surface area (TPSA) is 68.9 Å². The summed E-state index contributed by atoms with van der Waals surface area (Å²) >= 11 is 1.53. The molecule has 5 nitrogen and oxygen atoms in total. The number of carbonyl (C=O) groups is 1. The standard InChI is InChI=1S/C15H17N3O2S/c1-9(2)14-12(17-8-20-14)7-21-15-16-6-10-11(18-15)4-3-5-13(10)19/h6,8-9H,3-5,7H2,1-2H3. The van der Waals surface area contributed by atoms with Crippen LogP contribution in [-0.4, -0.2) is 20.7 Å². The number of nitrogens with zero attached hydrogens (tertiary/aromatic N) is 3. The minimum atomic E-state index is 0.159. The fourth-order valence-electron chi connectivity index (χ4n) is 2.43. The van der Waals surface area contributed by atoms with E-state index in [-0.39, 0.29) is 5.78 Å². The molecule has 110 valence electrons. The first-order valence-electron chi connectivity index (χ1n) is 7.09. The summed E-state index contributed by atoms with van der Waals surface area (Å²) in [6, 6.07) is 0. The summed E-state index contributed by atoms with van der Waals surface area (Å²) in [4.78, 5) is 24.8. The van der Waals surface area contributed by atoms with Gasteiger partial charge in [-0.3, -0.25) is 4.79 Å². The summed E-state index contributed by atoms with van der Waals surface area (Å²) in [5.74, 6) is 2.06. The predicted molar refractivity (Wildman–Crippen MR) is 79.5 cm³/mol. The number of aromatic nitrogens is 3. The summed E-state index contributed by atoms with van der Waals surface area (Å²) in [6.07, 6.45) is 5.50. The molecule has 0 saturated carbocycles. The van der Waals surface area contributed by atoms with Crippen molar-refractivity contribution in [3.05, 3.63) is 35.3 Å². The minimum absolute atomic E-state index is 0.159. The van der Waals surface area contributed by atoms with Gasteiger partial charge >= 0.3 is 0 Å². The van der Waals surface area contributed by atoms with Gasteiger partial charge in [0.25, 0.3) is 0 Å². The van der Waals surface area contributed by atoms with Gasteiger partial charge in [-0.05, 0) is 12.8 Å². The third-order valence-electron chi connectivity index (χ3n) is 3.50. The molecule has 0 bridgehead atoms. The zero-order chi connectivity index (χ0) is 14.8. The molecule has 0 N–H and O–H groups in total. The number of Topliss-reactive ketones (excluding diaryl/α,β-unsaturated/α-hetero) is 1. The van der Waals surface area contributed by atoms with E-state index in [1.165, 1.54) is 18.2 Å². The Kier molecular flexibility index (Phi) is 4.05. The summed E-state index contributed by atoms with van der Waals surface area (Å²) in [5, 5.41) is 0.696. The van der Waals surface area contributed by atoms with Crippen molar-refractivity contribution in [2.75, 3.05) is 0 Å². The lowest BCUT2D eigenvalue weighted by Gasteiger charge is -2.13. The molecule has 2 aromatic rings. The van der Waals surface area contributed by atoms with Crippen molar-refractivity contribution in [2.24, 2.45) is 0 Å². The number of rotatable bonds is 4. The van der Waals surface area contributed by atoms with E-state index in [1.807, 2.05) is 0 Å². The number of ketones is 1. The van der Waals surface area contributed by atoms with Gasteiger partial charge in [0.05, 0.1) is 17.0 Å². The van der Waals surface area contributed by atoms with Crippen LogP contribution in [0.5, 0.6) is 0 Å². The molecule has 0 spiro atoms. The highest BCUT2D eigenvalue weighted by Gasteiger charge is 2.20. The molecule has 2 aromatic heterocycles. The smallest absolute Gasteiger partial charge is 0.188 e. The Bertz CT molecular complexity index is 667. The predicted octanol–water partition coefficient (Wildman–Crippen LogP) is 3.40. The van der Waals surface area contributed by atoms with Crippen LogP contribution in [0, 0.1) is 0 Å². The summed E-state index contributed by atoms with van der Waals surface area (Å²) < 4.78 is 5.41. The van der Waals surface area contributed by atoms with Gasteiger partial charge in [-0.15, -0.1) is 0 Å². The van der Waals surface area contributed by atoms with Gasteiger partial charge in [0.2, 0.25) is 0 Å². The van der Waals surface area contributed by atoms with E-state index in [0.717, 1.165) is 30.0 Å². The molecule has 0 amide bonds. The SMILES string of the molecule is CC(C)c1ocnc1CSc1ncc2c(n1)CCCC2=O. The lowest BCUT2D eigenvalue weighted by Crippen LogP contribution is -2.13. The molecule has 0 aliphatic heterocycles. The highest BCUT2D eigenvalue weighted by atomic mass is 32.2. The van der Waals surface area contributed by atoms with E-state index in [2.05, 4.69) is 28.8 Å². The van der Waals surface area contributed by atoms with E-state index in [9.17, 15) is 4.79 Å². The molecule has 1 aliphatic carbocycles. The maximum Gasteiger partial charge on any atom is 0.188 e. The van der Waals surface area contributed by atoms with Gasteiger partial charge in [0.1, 0.15) is 5.76 Å². The van der Waals surface area contributed by atoms with Crippen LogP contribution in [0.4, 0.5) is 0 Å². The molecule has 0 aromatic carbocycles. The Morgan fingerprint density at radius 2 is 2.19 bits per heavy atom. The number of hydrogen-bond acceptors (Lipinski definition) is 6. The van der Waals surface area contributed by atoms with Crippen LogP contribution in [0.25, 0.3) is 0 Å². The van der Waals surface area contributed by atoms with Crippen molar-refractivity contribution in [1.82, 2.24) is 15.0 Å². The Balaban J connectivity index is 1.74. The Hall–Kier alpha value is -1.69. The maximum atomic E-state index is 11.8. The highest BCUT2D eigenvalue weighted by molar-refractivity contribution is 7.98. The maximum absolute atomic E-state index is 11.8. The van der Waals surface area contributed by atoms with Gasteiger partial charge in [-0.2, -0.15) is 0 Å². The molecule has 21 heavy (non-hydrogen) atoms. The number of thioether (sulfide) groups is 1. The van der Waals surface area contributed by atoms with E-state index in [4.69, 9.17) is 4.42 Å². The van der Waals surface area contributed by atoms with Gasteiger partial charge < -0.3 is 4.42 Å². The third-order valence-corrected chi connectivity index (χ3v) is 4.37. The zero-order valence-electron chi connectivity index (χ0n) is 12.1. The fraction of sp³-hybridized carbons (Fsp3) is 0.467. The summed E-state index contributed by atoms with van der Waals surface area (Å²) in [7, 11) is 0. The van der Waals surface area contributed by atoms with Crippen LogP contribution < -0.4 is 0 Å². The molecule has 0 saturated heterocycles. The lowest BCUT2D eigenvalue weighted by atomic mass is 9.96. The Morgan fingerprint density at radius 3 is 3.00 bits per heavy atom. The van der Waals surface area contributed by atoms with Gasteiger partial charge in [-0.1, -0.05) is 25.6 Å². The number of hydrogen-bond donors (Lipinski definition) is 0.